The molecule has 0 fully saturated rings. The van der Waals surface area contributed by atoms with Gasteiger partial charge in [0.25, 0.3) is 5.91 Å². The lowest BCUT2D eigenvalue weighted by molar-refractivity contribution is -0.119. The Hall–Kier alpha value is -4.09. The Morgan fingerprint density at radius 3 is 2.31 bits per heavy atom. The molecule has 0 heterocycles. The number of carbonyl (C=O) groups is 3. The number of anilines is 2. The number of amides is 2. The maximum absolute atomic E-state index is 12.5. The van der Waals surface area contributed by atoms with Crippen LogP contribution in [0.25, 0.3) is 0 Å². The van der Waals surface area contributed by atoms with Crippen molar-refractivity contribution in [3.8, 4) is 6.07 Å². The molecule has 0 aliphatic carbocycles. The van der Waals surface area contributed by atoms with E-state index >= 15 is 0 Å². The Morgan fingerprint density at radius 2 is 1.53 bits per heavy atom. The topological polar surface area (TPSA) is 108 Å². The van der Waals surface area contributed by atoms with Crippen molar-refractivity contribution in [3.05, 3.63) is 90.0 Å². The highest BCUT2D eigenvalue weighted by Gasteiger charge is 2.16. The van der Waals surface area contributed by atoms with Gasteiger partial charge in [-0.3, -0.25) is 9.59 Å². The van der Waals surface area contributed by atoms with Crippen molar-refractivity contribution in [1.82, 2.24) is 0 Å². The fraction of sp³-hybridized carbons (Fsp3) is 0.0833. The number of nitrogens with zero attached hydrogens (tertiary/aromatic N) is 1. The third kappa shape index (κ3) is 6.72. The monoisotopic (exact) mass is 445 g/mol. The second kappa shape index (κ2) is 11.3. The van der Waals surface area contributed by atoms with Gasteiger partial charge in [-0.15, -0.1) is 11.8 Å². The molecule has 3 aromatic rings. The van der Waals surface area contributed by atoms with E-state index in [1.807, 2.05) is 12.1 Å². The van der Waals surface area contributed by atoms with Crippen LogP contribution in [0.4, 0.5) is 11.4 Å². The van der Waals surface area contributed by atoms with E-state index in [2.05, 4.69) is 10.6 Å². The summed E-state index contributed by atoms with van der Waals surface area (Å²) in [6.45, 7) is -0.428. The van der Waals surface area contributed by atoms with Crippen molar-refractivity contribution < 1.29 is 19.1 Å². The quantitative estimate of drug-likeness (QED) is 0.399. The van der Waals surface area contributed by atoms with E-state index < -0.39 is 18.5 Å². The highest BCUT2D eigenvalue weighted by atomic mass is 32.2. The van der Waals surface area contributed by atoms with Gasteiger partial charge in [0.15, 0.2) is 6.61 Å². The first-order valence-corrected chi connectivity index (χ1v) is 10.6. The zero-order valence-corrected chi connectivity index (χ0v) is 17.7. The molecule has 160 valence electrons. The molecule has 2 amide bonds. The Bertz CT molecular complexity index is 1160. The molecule has 3 aromatic carbocycles. The van der Waals surface area contributed by atoms with Crippen molar-refractivity contribution in [1.29, 1.82) is 5.26 Å². The maximum atomic E-state index is 12.5. The van der Waals surface area contributed by atoms with Crippen molar-refractivity contribution in [2.24, 2.45) is 0 Å². The second-order valence-corrected chi connectivity index (χ2v) is 7.53. The van der Waals surface area contributed by atoms with Crippen LogP contribution in [0, 0.1) is 11.3 Å². The summed E-state index contributed by atoms with van der Waals surface area (Å²) >= 11 is 1.17. The number of esters is 1. The number of hydrogen-bond acceptors (Lipinski definition) is 6. The average molecular weight is 446 g/mol. The smallest absolute Gasteiger partial charge is 0.339 e. The fourth-order valence-electron chi connectivity index (χ4n) is 2.70. The summed E-state index contributed by atoms with van der Waals surface area (Å²) in [7, 11) is 0. The summed E-state index contributed by atoms with van der Waals surface area (Å²) in [5, 5.41) is 14.3. The van der Waals surface area contributed by atoms with Gasteiger partial charge >= 0.3 is 5.97 Å². The van der Waals surface area contributed by atoms with Crippen LogP contribution in [0.5, 0.6) is 0 Å². The third-order valence-electron chi connectivity index (χ3n) is 4.13. The number of nitrogens with one attached hydrogen (secondary N) is 2. The highest BCUT2D eigenvalue weighted by Crippen LogP contribution is 2.24. The molecule has 0 aliphatic rings. The molecule has 8 heteroatoms. The summed E-state index contributed by atoms with van der Waals surface area (Å²) in [5.74, 6) is -1.34. The number of benzene rings is 3. The van der Waals surface area contributed by atoms with Crippen molar-refractivity contribution in [2.75, 3.05) is 23.0 Å². The van der Waals surface area contributed by atoms with Gasteiger partial charge in [0.2, 0.25) is 5.91 Å². The Balaban J connectivity index is 1.54. The zero-order valence-electron chi connectivity index (χ0n) is 16.9. The van der Waals surface area contributed by atoms with Gasteiger partial charge in [0.05, 0.1) is 22.9 Å². The van der Waals surface area contributed by atoms with Gasteiger partial charge in [-0.2, -0.15) is 5.26 Å². The Kier molecular flexibility index (Phi) is 8.01. The van der Waals surface area contributed by atoms with Crippen LogP contribution in [-0.4, -0.2) is 30.1 Å². The van der Waals surface area contributed by atoms with Crippen LogP contribution in [0.3, 0.4) is 0 Å². The van der Waals surface area contributed by atoms with Crippen LogP contribution in [0.1, 0.15) is 15.9 Å². The average Bonchev–Trinajstić information content (AvgIpc) is 2.82. The maximum Gasteiger partial charge on any atom is 0.339 e. The van der Waals surface area contributed by atoms with Crippen LogP contribution < -0.4 is 10.6 Å². The van der Waals surface area contributed by atoms with Gasteiger partial charge < -0.3 is 15.4 Å². The van der Waals surface area contributed by atoms with Crippen molar-refractivity contribution in [2.45, 2.75) is 4.90 Å². The predicted molar refractivity (Wildman–Crippen MR) is 122 cm³/mol. The first kappa shape index (κ1) is 22.6. The van der Waals surface area contributed by atoms with Crippen LogP contribution in [-0.2, 0) is 14.3 Å². The standard InChI is InChI=1S/C24H19N3O4S/c25-14-17-7-6-10-19(13-17)27-23(29)16-32-21-12-5-4-11-20(21)24(30)31-15-22(28)26-18-8-2-1-3-9-18/h1-13H,15-16H2,(H,26,28)(H,27,29). The van der Waals surface area contributed by atoms with Gasteiger partial charge in [0, 0.05) is 16.3 Å². The zero-order chi connectivity index (χ0) is 22.8. The minimum Gasteiger partial charge on any atom is -0.452 e. The molecule has 7 nitrogen and oxygen atoms in total. The molecular weight excluding hydrogens is 426 g/mol. The van der Waals surface area contributed by atoms with Crippen molar-refractivity contribution in [3.63, 3.8) is 0 Å². The SMILES string of the molecule is N#Cc1cccc(NC(=O)CSc2ccccc2C(=O)OCC(=O)Nc2ccccc2)c1. The predicted octanol–water partition coefficient (Wildman–Crippen LogP) is 4.08. The first-order valence-electron chi connectivity index (χ1n) is 9.59. The summed E-state index contributed by atoms with van der Waals surface area (Å²) in [5.41, 5.74) is 1.84. The molecule has 0 spiro atoms. The van der Waals surface area contributed by atoms with Gasteiger partial charge in [-0.05, 0) is 42.5 Å². The minimum atomic E-state index is -0.654. The second-order valence-electron chi connectivity index (χ2n) is 6.52. The fourth-order valence-corrected chi connectivity index (χ4v) is 3.54. The molecule has 3 rings (SSSR count). The lowest BCUT2D eigenvalue weighted by Crippen LogP contribution is -2.21. The van der Waals surface area contributed by atoms with Crippen LogP contribution in [0.15, 0.2) is 83.8 Å². The van der Waals surface area contributed by atoms with Crippen LogP contribution in [0.2, 0.25) is 0 Å². The molecule has 0 atom stereocenters. The summed E-state index contributed by atoms with van der Waals surface area (Å²) < 4.78 is 5.14. The largest absolute Gasteiger partial charge is 0.452 e. The molecule has 0 saturated carbocycles. The van der Waals surface area contributed by atoms with E-state index in [-0.39, 0.29) is 17.2 Å². The normalized spacial score (nSPS) is 9.97. The van der Waals surface area contributed by atoms with E-state index in [0.29, 0.717) is 21.8 Å². The van der Waals surface area contributed by atoms with E-state index in [1.165, 1.54) is 11.8 Å². The number of ether oxygens (including phenoxy) is 1. The number of thioether (sulfide) groups is 1. The number of nitriles is 1. The molecule has 0 radical (unpaired) electrons. The number of rotatable bonds is 8. The van der Waals surface area contributed by atoms with Gasteiger partial charge in [-0.1, -0.05) is 36.4 Å². The number of hydrogen-bond donors (Lipinski definition) is 2. The van der Waals surface area contributed by atoms with E-state index in [1.54, 1.807) is 72.8 Å². The van der Waals surface area contributed by atoms with Gasteiger partial charge in [0.1, 0.15) is 0 Å². The number of carbonyl (C=O) groups excluding carboxylic acids is 3. The van der Waals surface area contributed by atoms with E-state index in [9.17, 15) is 14.4 Å². The molecule has 0 aromatic heterocycles. The molecule has 0 unspecified atom stereocenters. The molecule has 32 heavy (non-hydrogen) atoms. The number of para-hydroxylation sites is 1. The molecule has 0 bridgehead atoms. The first-order chi connectivity index (χ1) is 15.5. The summed E-state index contributed by atoms with van der Waals surface area (Å²) in [4.78, 5) is 37.3. The molecular formula is C24H19N3O4S. The van der Waals surface area contributed by atoms with Gasteiger partial charge in [-0.25, -0.2) is 4.79 Å². The Labute approximate surface area is 189 Å². The van der Waals surface area contributed by atoms with E-state index in [4.69, 9.17) is 10.00 Å². The lowest BCUT2D eigenvalue weighted by atomic mass is 10.2. The lowest BCUT2D eigenvalue weighted by Gasteiger charge is -2.10. The molecule has 0 saturated heterocycles. The molecule has 0 aliphatic heterocycles. The minimum absolute atomic E-state index is 0.0512. The molecule has 2 N–H and O–H groups in total. The third-order valence-corrected chi connectivity index (χ3v) is 5.21. The van der Waals surface area contributed by atoms with Crippen molar-refractivity contribution >= 4 is 40.9 Å². The summed E-state index contributed by atoms with van der Waals surface area (Å²) in [6, 6.07) is 24.2. The summed E-state index contributed by atoms with van der Waals surface area (Å²) in [6.07, 6.45) is 0. The van der Waals surface area contributed by atoms with E-state index in [0.717, 1.165) is 0 Å². The Morgan fingerprint density at radius 1 is 0.844 bits per heavy atom. The van der Waals surface area contributed by atoms with Crippen LogP contribution >= 0.6 is 11.8 Å². The highest BCUT2D eigenvalue weighted by molar-refractivity contribution is 8.00.